The van der Waals surface area contributed by atoms with Gasteiger partial charge in [-0.25, -0.2) is 0 Å². The minimum Gasteiger partial charge on any atom is -0.346 e. The number of amides is 1. The van der Waals surface area contributed by atoms with Gasteiger partial charge in [0.1, 0.15) is 0 Å². The summed E-state index contributed by atoms with van der Waals surface area (Å²) in [5.74, 6) is -0.576. The molecule has 0 aromatic heterocycles. The van der Waals surface area contributed by atoms with Crippen molar-refractivity contribution in [3.8, 4) is 0 Å². The fourth-order valence-corrected chi connectivity index (χ4v) is 0.463. The van der Waals surface area contributed by atoms with E-state index in [1.807, 2.05) is 0 Å². The highest BCUT2D eigenvalue weighted by atomic mass is 16.2. The maximum Gasteiger partial charge on any atom is 0.222 e. The Morgan fingerprint density at radius 1 is 2.00 bits per heavy atom. The van der Waals surface area contributed by atoms with E-state index in [1.165, 1.54) is 11.9 Å². The molecule has 2 heteroatoms. The zero-order valence-corrected chi connectivity index (χ0v) is 4.14. The normalized spacial score (nSPS) is 45.3. The fraction of sp³-hybridized carbons (Fsp3) is 0.800. The van der Waals surface area contributed by atoms with E-state index in [0.717, 1.165) is 0 Å². The molecule has 1 atom stereocenters. The molecule has 1 aliphatic rings. The topological polar surface area (TPSA) is 20.3 Å². The van der Waals surface area contributed by atoms with Crippen LogP contribution in [0.3, 0.4) is 0 Å². The molecule has 0 aromatic rings. The molecule has 1 aliphatic heterocycles. The van der Waals surface area contributed by atoms with Gasteiger partial charge in [0.25, 0.3) is 0 Å². The number of hydrogen-bond acceptors (Lipinski definition) is 1. The standard InChI is InChI=1S/C5H9NO/c1-6-4-2-3-5(6)7/h2-4H2,1H3/i2D,3D2. The van der Waals surface area contributed by atoms with Crippen molar-refractivity contribution in [1.29, 1.82) is 0 Å². The predicted octanol–water partition coefficient (Wildman–Crippen LogP) is 0.239. The van der Waals surface area contributed by atoms with Crippen molar-refractivity contribution in [2.75, 3.05) is 13.6 Å². The third-order valence-electron chi connectivity index (χ3n) is 0.937. The maximum absolute atomic E-state index is 10.9. The molecule has 1 rings (SSSR count). The molecule has 1 amide bonds. The Hall–Kier alpha value is -0.530. The number of carbonyl (C=O) groups is 1. The van der Waals surface area contributed by atoms with Gasteiger partial charge >= 0.3 is 0 Å². The quantitative estimate of drug-likeness (QED) is 0.429. The van der Waals surface area contributed by atoms with E-state index in [4.69, 9.17) is 4.11 Å². The van der Waals surface area contributed by atoms with Gasteiger partial charge < -0.3 is 4.90 Å². The Morgan fingerprint density at radius 2 is 2.71 bits per heavy atom. The molecular weight excluding hydrogens is 90.1 g/mol. The lowest BCUT2D eigenvalue weighted by atomic mass is 10.4. The molecule has 1 unspecified atom stereocenters. The summed E-state index contributed by atoms with van der Waals surface area (Å²) in [6.07, 6.45) is -2.89. The number of carbonyl (C=O) groups excluding carboxylic acids is 1. The van der Waals surface area contributed by atoms with Crippen LogP contribution in [0.2, 0.25) is 0 Å². The number of likely N-dealkylation sites (tertiary alicyclic amines) is 1. The average molecular weight is 102 g/mol. The average Bonchev–Trinajstić information content (AvgIpc) is 1.97. The van der Waals surface area contributed by atoms with Crippen molar-refractivity contribution in [2.24, 2.45) is 0 Å². The van der Waals surface area contributed by atoms with E-state index in [0.29, 0.717) is 0 Å². The SMILES string of the molecule is [2H]C1CN(C)C(=O)C1([2H])[2H]. The highest BCUT2D eigenvalue weighted by Gasteiger charge is 2.14. The summed E-state index contributed by atoms with van der Waals surface area (Å²) in [6, 6.07) is 0. The molecule has 40 valence electrons. The van der Waals surface area contributed by atoms with E-state index in [9.17, 15) is 4.79 Å². The Kier molecular flexibility index (Phi) is 0.470. The third-order valence-corrected chi connectivity index (χ3v) is 0.937. The van der Waals surface area contributed by atoms with Gasteiger partial charge in [0.15, 0.2) is 0 Å². The van der Waals surface area contributed by atoms with Crippen LogP contribution in [0.1, 0.15) is 16.9 Å². The first kappa shape index (κ1) is 2.16. The van der Waals surface area contributed by atoms with Crippen LogP contribution >= 0.6 is 0 Å². The molecule has 0 aliphatic carbocycles. The summed E-state index contributed by atoms with van der Waals surface area (Å²) in [6.45, 7) is 0.200. The van der Waals surface area contributed by atoms with Crippen molar-refractivity contribution in [3.63, 3.8) is 0 Å². The molecule has 0 bridgehead atoms. The molecule has 0 radical (unpaired) electrons. The second-order valence-corrected chi connectivity index (χ2v) is 1.53. The summed E-state index contributed by atoms with van der Waals surface area (Å²) in [5.41, 5.74) is 0. The zero-order valence-electron chi connectivity index (χ0n) is 7.14. The Morgan fingerprint density at radius 3 is 2.86 bits per heavy atom. The van der Waals surface area contributed by atoms with Crippen molar-refractivity contribution in [2.45, 2.75) is 12.8 Å². The van der Waals surface area contributed by atoms with Crippen LogP contribution in [0, 0.1) is 0 Å². The van der Waals surface area contributed by atoms with Crippen LogP contribution in [-0.2, 0) is 4.79 Å². The molecule has 1 fully saturated rings. The minimum atomic E-state index is -1.96. The number of nitrogens with zero attached hydrogens (tertiary/aromatic N) is 1. The van der Waals surface area contributed by atoms with E-state index < -0.39 is 18.7 Å². The van der Waals surface area contributed by atoms with Gasteiger partial charge in [0.2, 0.25) is 5.91 Å². The second-order valence-electron chi connectivity index (χ2n) is 1.53. The van der Waals surface area contributed by atoms with Gasteiger partial charge in [-0.05, 0) is 6.40 Å². The highest BCUT2D eigenvalue weighted by Crippen LogP contribution is 2.04. The van der Waals surface area contributed by atoms with Crippen molar-refractivity contribution in [1.82, 2.24) is 4.90 Å². The molecule has 0 saturated carbocycles. The second kappa shape index (κ2) is 1.52. The van der Waals surface area contributed by atoms with Crippen LogP contribution < -0.4 is 0 Å². The van der Waals surface area contributed by atoms with Crippen molar-refractivity contribution >= 4 is 5.91 Å². The first-order chi connectivity index (χ1) is 4.46. The van der Waals surface area contributed by atoms with E-state index in [2.05, 4.69) is 0 Å². The Bertz CT molecular complexity index is 170. The van der Waals surface area contributed by atoms with Crippen molar-refractivity contribution in [3.05, 3.63) is 0 Å². The first-order valence-corrected chi connectivity index (χ1v) is 2.14. The van der Waals surface area contributed by atoms with Gasteiger partial charge in [0, 0.05) is 24.1 Å². The van der Waals surface area contributed by atoms with E-state index in [-0.39, 0.29) is 6.54 Å². The maximum atomic E-state index is 10.9. The van der Waals surface area contributed by atoms with Gasteiger partial charge in [-0.15, -0.1) is 0 Å². The molecule has 1 heterocycles. The highest BCUT2D eigenvalue weighted by molar-refractivity contribution is 5.77. The minimum absolute atomic E-state index is 0.200. The molecule has 0 spiro atoms. The number of hydrogen-bond donors (Lipinski definition) is 0. The van der Waals surface area contributed by atoms with Gasteiger partial charge in [-0.3, -0.25) is 4.79 Å². The third kappa shape index (κ3) is 0.734. The zero-order chi connectivity index (χ0) is 7.94. The smallest absolute Gasteiger partial charge is 0.222 e. The summed E-state index contributed by atoms with van der Waals surface area (Å²) in [5, 5.41) is 0. The molecule has 2 nitrogen and oxygen atoms in total. The molecule has 0 N–H and O–H groups in total. The first-order valence-electron chi connectivity index (χ1n) is 3.72. The summed E-state index contributed by atoms with van der Waals surface area (Å²) in [4.78, 5) is 12.1. The summed E-state index contributed by atoms with van der Waals surface area (Å²) in [7, 11) is 1.51. The Labute approximate surface area is 47.3 Å². The van der Waals surface area contributed by atoms with Crippen LogP contribution in [0.25, 0.3) is 0 Å². The lowest BCUT2D eigenvalue weighted by Crippen LogP contribution is -2.17. The number of rotatable bonds is 0. The summed E-state index contributed by atoms with van der Waals surface area (Å²) >= 11 is 0. The molecule has 0 aromatic carbocycles. The Balaban J connectivity index is 2.85. The van der Waals surface area contributed by atoms with E-state index in [1.54, 1.807) is 0 Å². The van der Waals surface area contributed by atoms with Crippen molar-refractivity contribution < 1.29 is 8.91 Å². The lowest BCUT2D eigenvalue weighted by Gasteiger charge is -2.03. The van der Waals surface area contributed by atoms with Gasteiger partial charge in [-0.2, -0.15) is 0 Å². The van der Waals surface area contributed by atoms with E-state index >= 15 is 0 Å². The lowest BCUT2D eigenvalue weighted by molar-refractivity contribution is -0.126. The van der Waals surface area contributed by atoms with Crippen LogP contribution in [0.15, 0.2) is 0 Å². The van der Waals surface area contributed by atoms with Crippen LogP contribution in [-0.4, -0.2) is 24.4 Å². The monoisotopic (exact) mass is 102 g/mol. The van der Waals surface area contributed by atoms with Crippen LogP contribution in [0.4, 0.5) is 0 Å². The van der Waals surface area contributed by atoms with Gasteiger partial charge in [0.05, 0.1) is 0 Å². The van der Waals surface area contributed by atoms with Gasteiger partial charge in [-0.1, -0.05) is 0 Å². The van der Waals surface area contributed by atoms with Crippen LogP contribution in [0.5, 0.6) is 0 Å². The predicted molar refractivity (Wildman–Crippen MR) is 26.9 cm³/mol. The molecule has 1 saturated heterocycles. The molecular formula is C5H9NO. The fourth-order valence-electron chi connectivity index (χ4n) is 0.463. The largest absolute Gasteiger partial charge is 0.346 e. The molecule has 7 heavy (non-hydrogen) atoms. The summed E-state index contributed by atoms with van der Waals surface area (Å²) < 4.78 is 21.4.